The predicted molar refractivity (Wildman–Crippen MR) is 69.1 cm³/mol. The number of halogens is 1. The SMILES string of the molecule is CN1CC2(CCOCC2)c2ccc(Br)cc21. The zero-order valence-corrected chi connectivity index (χ0v) is 11.1. The summed E-state index contributed by atoms with van der Waals surface area (Å²) >= 11 is 3.55. The highest BCUT2D eigenvalue weighted by atomic mass is 79.9. The number of nitrogens with zero attached hydrogens (tertiary/aromatic N) is 1. The lowest BCUT2D eigenvalue weighted by atomic mass is 9.76. The molecule has 0 N–H and O–H groups in total. The van der Waals surface area contributed by atoms with Gasteiger partial charge in [0.05, 0.1) is 0 Å². The summed E-state index contributed by atoms with van der Waals surface area (Å²) < 4.78 is 6.67. The predicted octanol–water partition coefficient (Wildman–Crippen LogP) is 2.95. The smallest absolute Gasteiger partial charge is 0.0475 e. The number of benzene rings is 1. The summed E-state index contributed by atoms with van der Waals surface area (Å²) in [6.45, 7) is 2.95. The first kappa shape index (κ1) is 10.6. The molecule has 0 aliphatic carbocycles. The van der Waals surface area contributed by atoms with Crippen LogP contribution in [0.25, 0.3) is 0 Å². The lowest BCUT2D eigenvalue weighted by molar-refractivity contribution is 0.0556. The van der Waals surface area contributed by atoms with E-state index in [-0.39, 0.29) is 0 Å². The molecule has 2 heterocycles. The maximum absolute atomic E-state index is 5.50. The molecule has 0 aromatic heterocycles. The highest BCUT2D eigenvalue weighted by molar-refractivity contribution is 9.10. The number of hydrogen-bond acceptors (Lipinski definition) is 2. The zero-order valence-electron chi connectivity index (χ0n) is 9.50. The molecule has 1 aromatic rings. The molecule has 0 amide bonds. The first-order valence-electron chi connectivity index (χ1n) is 5.80. The minimum Gasteiger partial charge on any atom is -0.381 e. The van der Waals surface area contributed by atoms with Gasteiger partial charge in [-0.15, -0.1) is 0 Å². The first-order valence-corrected chi connectivity index (χ1v) is 6.60. The minimum atomic E-state index is 0.350. The fourth-order valence-corrected chi connectivity index (χ4v) is 3.43. The van der Waals surface area contributed by atoms with Crippen molar-refractivity contribution in [3.05, 3.63) is 28.2 Å². The maximum Gasteiger partial charge on any atom is 0.0475 e. The lowest BCUT2D eigenvalue weighted by Gasteiger charge is -2.34. The van der Waals surface area contributed by atoms with Gasteiger partial charge in [0.25, 0.3) is 0 Å². The summed E-state index contributed by atoms with van der Waals surface area (Å²) in [6, 6.07) is 6.68. The summed E-state index contributed by atoms with van der Waals surface area (Å²) in [4.78, 5) is 2.38. The van der Waals surface area contributed by atoms with Crippen molar-refractivity contribution in [1.82, 2.24) is 0 Å². The van der Waals surface area contributed by atoms with Crippen LogP contribution < -0.4 is 4.90 Å². The van der Waals surface area contributed by atoms with Crippen molar-refractivity contribution in [2.75, 3.05) is 31.7 Å². The largest absolute Gasteiger partial charge is 0.381 e. The standard InChI is InChI=1S/C13H16BrNO/c1-15-9-13(4-6-16-7-5-13)11-3-2-10(14)8-12(11)15/h2-3,8H,4-7,9H2,1H3. The second-order valence-electron chi connectivity index (χ2n) is 4.91. The third kappa shape index (κ3) is 1.49. The van der Waals surface area contributed by atoms with E-state index in [1.165, 1.54) is 15.7 Å². The van der Waals surface area contributed by atoms with E-state index in [4.69, 9.17) is 4.74 Å². The third-order valence-electron chi connectivity index (χ3n) is 3.93. The Bertz CT molecular complexity index is 412. The Kier molecular flexibility index (Phi) is 2.48. The lowest BCUT2D eigenvalue weighted by Crippen LogP contribution is -2.37. The Morgan fingerprint density at radius 3 is 2.81 bits per heavy atom. The Morgan fingerprint density at radius 2 is 2.06 bits per heavy atom. The average molecular weight is 282 g/mol. The summed E-state index contributed by atoms with van der Waals surface area (Å²) in [5, 5.41) is 0. The van der Waals surface area contributed by atoms with Crippen LogP contribution in [0.15, 0.2) is 22.7 Å². The highest BCUT2D eigenvalue weighted by Crippen LogP contribution is 2.46. The molecule has 3 rings (SSSR count). The van der Waals surface area contributed by atoms with Crippen molar-refractivity contribution >= 4 is 21.6 Å². The van der Waals surface area contributed by atoms with Gasteiger partial charge in [-0.05, 0) is 30.5 Å². The van der Waals surface area contributed by atoms with Gasteiger partial charge in [0.1, 0.15) is 0 Å². The van der Waals surface area contributed by atoms with Crippen molar-refractivity contribution in [2.24, 2.45) is 0 Å². The van der Waals surface area contributed by atoms with Crippen LogP contribution in [-0.2, 0) is 10.2 Å². The van der Waals surface area contributed by atoms with E-state index < -0.39 is 0 Å². The Hall–Kier alpha value is -0.540. The summed E-state index contributed by atoms with van der Waals surface area (Å²) in [5.74, 6) is 0. The van der Waals surface area contributed by atoms with Crippen LogP contribution in [0, 0.1) is 0 Å². The van der Waals surface area contributed by atoms with Crippen LogP contribution in [0.2, 0.25) is 0 Å². The van der Waals surface area contributed by atoms with Crippen LogP contribution in [0.1, 0.15) is 18.4 Å². The molecular formula is C13H16BrNO. The number of anilines is 1. The van der Waals surface area contributed by atoms with E-state index in [0.717, 1.165) is 32.6 Å². The van der Waals surface area contributed by atoms with Crippen LogP contribution >= 0.6 is 15.9 Å². The maximum atomic E-state index is 5.50. The zero-order chi connectivity index (χ0) is 11.2. The number of ether oxygens (including phenoxy) is 1. The van der Waals surface area contributed by atoms with Crippen LogP contribution in [0.3, 0.4) is 0 Å². The second-order valence-corrected chi connectivity index (χ2v) is 5.83. The number of fused-ring (bicyclic) bond motifs is 2. The molecule has 0 unspecified atom stereocenters. The van der Waals surface area contributed by atoms with E-state index >= 15 is 0 Å². The van der Waals surface area contributed by atoms with Gasteiger partial charge in [0.2, 0.25) is 0 Å². The molecule has 3 heteroatoms. The molecule has 86 valence electrons. The van der Waals surface area contributed by atoms with E-state index in [0.29, 0.717) is 5.41 Å². The van der Waals surface area contributed by atoms with Crippen LogP contribution in [0.4, 0.5) is 5.69 Å². The van der Waals surface area contributed by atoms with Gasteiger partial charge in [-0.3, -0.25) is 0 Å². The van der Waals surface area contributed by atoms with E-state index in [9.17, 15) is 0 Å². The molecule has 16 heavy (non-hydrogen) atoms. The monoisotopic (exact) mass is 281 g/mol. The Balaban J connectivity index is 2.07. The molecule has 0 radical (unpaired) electrons. The van der Waals surface area contributed by atoms with Gasteiger partial charge in [0.15, 0.2) is 0 Å². The van der Waals surface area contributed by atoms with Gasteiger partial charge >= 0.3 is 0 Å². The van der Waals surface area contributed by atoms with Crippen molar-refractivity contribution in [3.8, 4) is 0 Å². The minimum absolute atomic E-state index is 0.350. The normalized spacial score (nSPS) is 22.5. The molecule has 2 aliphatic heterocycles. The first-order chi connectivity index (χ1) is 7.71. The fourth-order valence-electron chi connectivity index (χ4n) is 3.08. The van der Waals surface area contributed by atoms with Crippen LogP contribution in [-0.4, -0.2) is 26.8 Å². The summed E-state index contributed by atoms with van der Waals surface area (Å²) in [6.07, 6.45) is 2.32. The van der Waals surface area contributed by atoms with Crippen molar-refractivity contribution in [3.63, 3.8) is 0 Å². The van der Waals surface area contributed by atoms with Gasteiger partial charge in [0, 0.05) is 42.4 Å². The summed E-state index contributed by atoms with van der Waals surface area (Å²) in [7, 11) is 2.19. The summed E-state index contributed by atoms with van der Waals surface area (Å²) in [5.41, 5.74) is 3.25. The molecule has 2 nitrogen and oxygen atoms in total. The van der Waals surface area contributed by atoms with Gasteiger partial charge in [-0.2, -0.15) is 0 Å². The molecule has 1 spiro atoms. The highest BCUT2D eigenvalue weighted by Gasteiger charge is 2.42. The molecule has 0 bridgehead atoms. The number of rotatable bonds is 0. The molecule has 1 fully saturated rings. The van der Waals surface area contributed by atoms with Gasteiger partial charge in [-0.1, -0.05) is 22.0 Å². The van der Waals surface area contributed by atoms with Crippen molar-refractivity contribution < 1.29 is 4.74 Å². The second kappa shape index (κ2) is 3.74. The van der Waals surface area contributed by atoms with E-state index in [1.54, 1.807) is 0 Å². The average Bonchev–Trinajstić information content (AvgIpc) is 2.53. The molecule has 2 aliphatic rings. The fraction of sp³-hybridized carbons (Fsp3) is 0.538. The van der Waals surface area contributed by atoms with Gasteiger partial charge < -0.3 is 9.64 Å². The van der Waals surface area contributed by atoms with Crippen molar-refractivity contribution in [2.45, 2.75) is 18.3 Å². The Labute approximate surface area is 105 Å². The number of hydrogen-bond donors (Lipinski definition) is 0. The third-order valence-corrected chi connectivity index (χ3v) is 4.43. The van der Waals surface area contributed by atoms with Crippen molar-refractivity contribution in [1.29, 1.82) is 0 Å². The molecule has 0 atom stereocenters. The number of likely N-dealkylation sites (N-methyl/N-ethyl adjacent to an activating group) is 1. The van der Waals surface area contributed by atoms with Crippen LogP contribution in [0.5, 0.6) is 0 Å². The molecule has 1 saturated heterocycles. The quantitative estimate of drug-likeness (QED) is 0.725. The molecule has 1 aromatic carbocycles. The Morgan fingerprint density at radius 1 is 1.31 bits per heavy atom. The van der Waals surface area contributed by atoms with Gasteiger partial charge in [-0.25, -0.2) is 0 Å². The topological polar surface area (TPSA) is 12.5 Å². The molecular weight excluding hydrogens is 266 g/mol. The molecule has 0 saturated carbocycles. The van der Waals surface area contributed by atoms with E-state index in [1.807, 2.05) is 0 Å². The van der Waals surface area contributed by atoms with E-state index in [2.05, 4.69) is 46.1 Å².